The number of hydrogen-bond acceptors (Lipinski definition) is 3. The quantitative estimate of drug-likeness (QED) is 0.782. The third kappa shape index (κ3) is 3.72. The number of aliphatic hydroxyl groups excluding tert-OH is 1. The summed E-state index contributed by atoms with van der Waals surface area (Å²) in [6.45, 7) is 5.57. The summed E-state index contributed by atoms with van der Waals surface area (Å²) < 4.78 is 0. The Hall–Kier alpha value is -1.06. The van der Waals surface area contributed by atoms with Gasteiger partial charge in [0.15, 0.2) is 0 Å². The van der Waals surface area contributed by atoms with E-state index >= 15 is 0 Å². The molecule has 0 saturated carbocycles. The molecule has 0 aromatic heterocycles. The maximum absolute atomic E-state index is 8.81. The van der Waals surface area contributed by atoms with Gasteiger partial charge in [-0.3, -0.25) is 0 Å². The molecule has 1 saturated heterocycles. The predicted octanol–water partition coefficient (Wildman–Crippen LogP) is 1.94. The molecule has 100 valence electrons. The highest BCUT2D eigenvalue weighted by Gasteiger charge is 2.19. The Morgan fingerprint density at radius 3 is 3.11 bits per heavy atom. The second kappa shape index (κ2) is 6.76. The van der Waals surface area contributed by atoms with Crippen LogP contribution in [0.15, 0.2) is 24.3 Å². The van der Waals surface area contributed by atoms with E-state index in [-0.39, 0.29) is 6.61 Å². The number of nitrogens with zero attached hydrogens (tertiary/aromatic N) is 1. The molecule has 18 heavy (non-hydrogen) atoms. The summed E-state index contributed by atoms with van der Waals surface area (Å²) in [7, 11) is 0. The van der Waals surface area contributed by atoms with Crippen LogP contribution >= 0.6 is 0 Å². The van der Waals surface area contributed by atoms with Gasteiger partial charge in [0.1, 0.15) is 0 Å². The first kappa shape index (κ1) is 13.4. The van der Waals surface area contributed by atoms with Crippen molar-refractivity contribution in [2.24, 2.45) is 0 Å². The van der Waals surface area contributed by atoms with Gasteiger partial charge in [-0.05, 0) is 50.4 Å². The van der Waals surface area contributed by atoms with Crippen molar-refractivity contribution in [1.29, 1.82) is 0 Å². The number of hydrogen-bond donors (Lipinski definition) is 2. The Morgan fingerprint density at radius 1 is 1.44 bits per heavy atom. The average molecular weight is 248 g/mol. The minimum atomic E-state index is 0.279. The van der Waals surface area contributed by atoms with E-state index in [4.69, 9.17) is 5.11 Å². The zero-order valence-electron chi connectivity index (χ0n) is 11.2. The summed E-state index contributed by atoms with van der Waals surface area (Å²) in [5.41, 5.74) is 2.66. The summed E-state index contributed by atoms with van der Waals surface area (Å²) in [5, 5.41) is 12.3. The first-order chi connectivity index (χ1) is 8.79. The van der Waals surface area contributed by atoms with Crippen molar-refractivity contribution in [2.75, 3.05) is 31.1 Å². The fraction of sp³-hybridized carbons (Fsp3) is 0.600. The zero-order valence-corrected chi connectivity index (χ0v) is 11.2. The third-order valence-corrected chi connectivity index (χ3v) is 3.56. The van der Waals surface area contributed by atoms with Crippen LogP contribution in [0, 0.1) is 6.92 Å². The van der Waals surface area contributed by atoms with Crippen molar-refractivity contribution in [3.63, 3.8) is 0 Å². The molecule has 0 amide bonds. The monoisotopic (exact) mass is 248 g/mol. The van der Waals surface area contributed by atoms with Crippen LogP contribution in [0.2, 0.25) is 0 Å². The molecule has 1 fully saturated rings. The Balaban J connectivity index is 1.90. The number of aliphatic hydroxyl groups is 1. The van der Waals surface area contributed by atoms with Gasteiger partial charge in [0.05, 0.1) is 0 Å². The number of piperidine rings is 1. The summed E-state index contributed by atoms with van der Waals surface area (Å²) in [6, 6.07) is 9.29. The van der Waals surface area contributed by atoms with E-state index in [1.165, 1.54) is 24.1 Å². The normalized spacial score (nSPS) is 20.1. The molecule has 2 N–H and O–H groups in total. The van der Waals surface area contributed by atoms with E-state index in [9.17, 15) is 0 Å². The Morgan fingerprint density at radius 2 is 2.33 bits per heavy atom. The molecule has 1 unspecified atom stereocenters. The lowest BCUT2D eigenvalue weighted by Crippen LogP contribution is -2.46. The van der Waals surface area contributed by atoms with E-state index in [1.54, 1.807) is 0 Å². The maximum Gasteiger partial charge on any atom is 0.0443 e. The summed E-state index contributed by atoms with van der Waals surface area (Å²) in [4.78, 5) is 2.47. The SMILES string of the molecule is Cc1cccc(N2CCCC(NCCCO)C2)c1. The van der Waals surface area contributed by atoms with Gasteiger partial charge < -0.3 is 15.3 Å². The van der Waals surface area contributed by atoms with E-state index in [0.29, 0.717) is 6.04 Å². The molecular formula is C15H24N2O. The smallest absolute Gasteiger partial charge is 0.0443 e. The second-order valence-electron chi connectivity index (χ2n) is 5.16. The Kier molecular flexibility index (Phi) is 5.02. The lowest BCUT2D eigenvalue weighted by atomic mass is 10.0. The van der Waals surface area contributed by atoms with E-state index < -0.39 is 0 Å². The molecule has 1 aromatic rings. The molecule has 1 atom stereocenters. The second-order valence-corrected chi connectivity index (χ2v) is 5.16. The lowest BCUT2D eigenvalue weighted by Gasteiger charge is -2.35. The first-order valence-corrected chi connectivity index (χ1v) is 6.95. The Bertz CT molecular complexity index is 367. The molecule has 0 radical (unpaired) electrons. The Labute approximate surface area is 110 Å². The number of rotatable bonds is 5. The highest BCUT2D eigenvalue weighted by Crippen LogP contribution is 2.20. The minimum Gasteiger partial charge on any atom is -0.396 e. The minimum absolute atomic E-state index is 0.279. The molecule has 3 heteroatoms. The molecule has 0 spiro atoms. The highest BCUT2D eigenvalue weighted by molar-refractivity contribution is 5.48. The standard InChI is InChI=1S/C15H24N2O/c1-13-5-2-7-15(11-13)17-9-3-6-14(12-17)16-8-4-10-18/h2,5,7,11,14,16,18H,3-4,6,8-10,12H2,1H3. The number of nitrogens with one attached hydrogen (secondary N) is 1. The lowest BCUT2D eigenvalue weighted by molar-refractivity contribution is 0.280. The van der Waals surface area contributed by atoms with Gasteiger partial charge in [0.25, 0.3) is 0 Å². The van der Waals surface area contributed by atoms with E-state index in [1.807, 2.05) is 0 Å². The molecule has 0 aliphatic carbocycles. The fourth-order valence-electron chi connectivity index (χ4n) is 2.59. The zero-order chi connectivity index (χ0) is 12.8. The van der Waals surface area contributed by atoms with Crippen LogP contribution in [0.4, 0.5) is 5.69 Å². The molecular weight excluding hydrogens is 224 g/mol. The van der Waals surface area contributed by atoms with Gasteiger partial charge in [-0.15, -0.1) is 0 Å². The van der Waals surface area contributed by atoms with Crippen molar-refractivity contribution in [1.82, 2.24) is 5.32 Å². The predicted molar refractivity (Wildman–Crippen MR) is 76.1 cm³/mol. The van der Waals surface area contributed by atoms with Crippen LogP contribution in [0.1, 0.15) is 24.8 Å². The van der Waals surface area contributed by atoms with Crippen LogP contribution in [0.5, 0.6) is 0 Å². The summed E-state index contributed by atoms with van der Waals surface area (Å²) in [6.07, 6.45) is 3.33. The van der Waals surface area contributed by atoms with Crippen LogP contribution in [-0.4, -0.2) is 37.4 Å². The molecule has 1 aliphatic heterocycles. The van der Waals surface area contributed by atoms with E-state index in [0.717, 1.165) is 26.1 Å². The summed E-state index contributed by atoms with van der Waals surface area (Å²) in [5.74, 6) is 0. The van der Waals surface area contributed by atoms with Crippen molar-refractivity contribution in [2.45, 2.75) is 32.2 Å². The van der Waals surface area contributed by atoms with Crippen LogP contribution < -0.4 is 10.2 Å². The molecule has 2 rings (SSSR count). The van der Waals surface area contributed by atoms with Crippen molar-refractivity contribution in [3.8, 4) is 0 Å². The van der Waals surface area contributed by atoms with Gasteiger partial charge in [-0.2, -0.15) is 0 Å². The number of aryl methyl sites for hydroxylation is 1. The van der Waals surface area contributed by atoms with Crippen LogP contribution in [-0.2, 0) is 0 Å². The first-order valence-electron chi connectivity index (χ1n) is 6.95. The molecule has 1 aliphatic rings. The van der Waals surface area contributed by atoms with E-state index in [2.05, 4.69) is 41.4 Å². The topological polar surface area (TPSA) is 35.5 Å². The average Bonchev–Trinajstić information content (AvgIpc) is 2.39. The highest BCUT2D eigenvalue weighted by atomic mass is 16.3. The molecule has 0 bridgehead atoms. The van der Waals surface area contributed by atoms with Gasteiger partial charge in [-0.25, -0.2) is 0 Å². The van der Waals surface area contributed by atoms with Crippen molar-refractivity contribution >= 4 is 5.69 Å². The third-order valence-electron chi connectivity index (χ3n) is 3.56. The van der Waals surface area contributed by atoms with Crippen molar-refractivity contribution < 1.29 is 5.11 Å². The molecule has 1 aromatic carbocycles. The van der Waals surface area contributed by atoms with Crippen molar-refractivity contribution in [3.05, 3.63) is 29.8 Å². The van der Waals surface area contributed by atoms with Gasteiger partial charge in [0.2, 0.25) is 0 Å². The van der Waals surface area contributed by atoms with Gasteiger partial charge in [-0.1, -0.05) is 12.1 Å². The van der Waals surface area contributed by atoms with Crippen LogP contribution in [0.3, 0.4) is 0 Å². The fourth-order valence-corrected chi connectivity index (χ4v) is 2.59. The largest absolute Gasteiger partial charge is 0.396 e. The summed E-state index contributed by atoms with van der Waals surface area (Å²) >= 11 is 0. The maximum atomic E-state index is 8.81. The molecule has 3 nitrogen and oxygen atoms in total. The molecule has 1 heterocycles. The number of benzene rings is 1. The van der Waals surface area contributed by atoms with Gasteiger partial charge >= 0.3 is 0 Å². The van der Waals surface area contributed by atoms with Gasteiger partial charge in [0, 0.05) is 31.4 Å². The number of anilines is 1. The van der Waals surface area contributed by atoms with Crippen LogP contribution in [0.25, 0.3) is 0 Å².